The maximum absolute atomic E-state index is 10.3. The number of primary amides is 1. The van der Waals surface area contributed by atoms with Crippen LogP contribution in [0, 0.1) is 0 Å². The predicted octanol–water partition coefficient (Wildman–Crippen LogP) is -0.708. The van der Waals surface area contributed by atoms with Gasteiger partial charge in [-0.15, -0.1) is 5.06 Å². The quantitative estimate of drug-likeness (QED) is 0.530. The van der Waals surface area contributed by atoms with E-state index in [4.69, 9.17) is 10.6 Å². The average Bonchev–Trinajstić information content (AvgIpc) is 2.14. The Morgan fingerprint density at radius 2 is 2.27 bits per heavy atom. The van der Waals surface area contributed by atoms with Gasteiger partial charge in [0.05, 0.1) is 0 Å². The first-order valence-corrected chi connectivity index (χ1v) is 3.72. The van der Waals surface area contributed by atoms with Crippen molar-refractivity contribution < 1.29 is 9.63 Å². The van der Waals surface area contributed by atoms with Crippen molar-refractivity contribution in [1.82, 2.24) is 10.4 Å². The molecule has 64 valence electrons. The third-order valence-corrected chi connectivity index (χ3v) is 1.52. The number of nitrogens with two attached hydrogens (primary N) is 1. The van der Waals surface area contributed by atoms with Gasteiger partial charge in [0.25, 0.3) is 0 Å². The molecule has 1 aliphatic rings. The van der Waals surface area contributed by atoms with E-state index in [0.717, 1.165) is 26.1 Å². The van der Waals surface area contributed by atoms with Crippen molar-refractivity contribution in [1.29, 1.82) is 0 Å². The molecule has 0 aromatic carbocycles. The second kappa shape index (κ2) is 4.15. The number of carbonyl (C=O) groups is 1. The van der Waals surface area contributed by atoms with Crippen molar-refractivity contribution in [2.24, 2.45) is 5.73 Å². The second-order valence-electron chi connectivity index (χ2n) is 2.44. The Morgan fingerprint density at radius 3 is 3.00 bits per heavy atom. The van der Waals surface area contributed by atoms with Crippen LogP contribution in [0.15, 0.2) is 0 Å². The lowest BCUT2D eigenvalue weighted by Crippen LogP contribution is -2.33. The summed E-state index contributed by atoms with van der Waals surface area (Å²) in [5, 5.41) is 4.76. The maximum atomic E-state index is 10.3. The van der Waals surface area contributed by atoms with Gasteiger partial charge in [0.15, 0.2) is 0 Å². The molecule has 1 heterocycles. The molecule has 1 aliphatic heterocycles. The lowest BCUT2D eigenvalue weighted by molar-refractivity contribution is -0.0908. The lowest BCUT2D eigenvalue weighted by atomic mass is 10.4. The van der Waals surface area contributed by atoms with Crippen LogP contribution in [0.4, 0.5) is 4.79 Å². The van der Waals surface area contributed by atoms with E-state index in [2.05, 4.69) is 5.32 Å². The van der Waals surface area contributed by atoms with Crippen molar-refractivity contribution >= 4 is 6.09 Å². The minimum Gasteiger partial charge on any atom is -0.351 e. The molecule has 5 heteroatoms. The summed E-state index contributed by atoms with van der Waals surface area (Å²) >= 11 is 0. The van der Waals surface area contributed by atoms with Crippen LogP contribution in [0.1, 0.15) is 6.42 Å². The van der Waals surface area contributed by atoms with Crippen molar-refractivity contribution in [3.05, 3.63) is 0 Å². The van der Waals surface area contributed by atoms with Crippen LogP contribution in [0.25, 0.3) is 0 Å². The number of hydrogen-bond acceptors (Lipinski definition) is 4. The Kier molecular flexibility index (Phi) is 3.13. The summed E-state index contributed by atoms with van der Waals surface area (Å²) in [7, 11) is 0. The largest absolute Gasteiger partial charge is 0.423 e. The molecular weight excluding hydrogens is 146 g/mol. The number of hydroxylamine groups is 2. The van der Waals surface area contributed by atoms with E-state index >= 15 is 0 Å². The number of rotatable bonds is 1. The Morgan fingerprint density at radius 1 is 1.45 bits per heavy atom. The molecule has 0 unspecified atom stereocenters. The standard InChI is InChI=1S/C6H13N3O2/c7-6(10)11-9-4-1-2-8-3-5-9/h8H,1-5H2,(H2,7,10). The van der Waals surface area contributed by atoms with Crippen molar-refractivity contribution in [2.75, 3.05) is 26.2 Å². The van der Waals surface area contributed by atoms with E-state index in [-0.39, 0.29) is 0 Å². The zero-order valence-corrected chi connectivity index (χ0v) is 6.38. The molecule has 1 saturated heterocycles. The van der Waals surface area contributed by atoms with E-state index in [0.29, 0.717) is 6.54 Å². The monoisotopic (exact) mass is 159 g/mol. The molecule has 5 nitrogen and oxygen atoms in total. The fraction of sp³-hybridized carbons (Fsp3) is 0.833. The molecule has 0 aromatic heterocycles. The maximum Gasteiger partial charge on any atom is 0.423 e. The van der Waals surface area contributed by atoms with Gasteiger partial charge in [0, 0.05) is 19.6 Å². The van der Waals surface area contributed by atoms with Crippen LogP contribution in [-0.2, 0) is 4.84 Å². The Labute approximate surface area is 65.4 Å². The minimum absolute atomic E-state index is 0.711. The van der Waals surface area contributed by atoms with Crippen molar-refractivity contribution in [3.8, 4) is 0 Å². The molecule has 0 atom stereocenters. The number of nitrogens with zero attached hydrogens (tertiary/aromatic N) is 1. The van der Waals surface area contributed by atoms with Gasteiger partial charge in [-0.25, -0.2) is 4.79 Å². The summed E-state index contributed by atoms with van der Waals surface area (Å²) in [6.07, 6.45) is 0.250. The topological polar surface area (TPSA) is 67.6 Å². The summed E-state index contributed by atoms with van der Waals surface area (Å²) in [5.41, 5.74) is 4.85. The van der Waals surface area contributed by atoms with Crippen molar-refractivity contribution in [3.63, 3.8) is 0 Å². The fourth-order valence-electron chi connectivity index (χ4n) is 1.04. The Balaban J connectivity index is 2.25. The highest BCUT2D eigenvalue weighted by atomic mass is 16.7. The van der Waals surface area contributed by atoms with Crippen LogP contribution in [0.2, 0.25) is 0 Å². The van der Waals surface area contributed by atoms with Gasteiger partial charge >= 0.3 is 6.09 Å². The zero-order chi connectivity index (χ0) is 8.10. The highest BCUT2D eigenvalue weighted by molar-refractivity contribution is 5.64. The Bertz CT molecular complexity index is 132. The third-order valence-electron chi connectivity index (χ3n) is 1.52. The smallest absolute Gasteiger partial charge is 0.351 e. The molecule has 1 fully saturated rings. The molecule has 0 radical (unpaired) electrons. The average molecular weight is 159 g/mol. The first-order chi connectivity index (χ1) is 5.29. The van der Waals surface area contributed by atoms with E-state index in [1.54, 1.807) is 5.06 Å². The molecule has 3 N–H and O–H groups in total. The highest BCUT2D eigenvalue weighted by Crippen LogP contribution is 1.95. The van der Waals surface area contributed by atoms with Crippen LogP contribution >= 0.6 is 0 Å². The molecule has 11 heavy (non-hydrogen) atoms. The Hall–Kier alpha value is -0.810. The van der Waals surface area contributed by atoms with E-state index < -0.39 is 6.09 Å². The number of amides is 1. The van der Waals surface area contributed by atoms with E-state index in [9.17, 15) is 4.79 Å². The second-order valence-corrected chi connectivity index (χ2v) is 2.44. The number of nitrogens with one attached hydrogen (secondary N) is 1. The van der Waals surface area contributed by atoms with Crippen LogP contribution in [0.3, 0.4) is 0 Å². The molecule has 1 amide bonds. The number of hydrogen-bond donors (Lipinski definition) is 2. The van der Waals surface area contributed by atoms with Gasteiger partial charge in [-0.05, 0) is 13.0 Å². The molecule has 0 spiro atoms. The van der Waals surface area contributed by atoms with E-state index in [1.165, 1.54) is 0 Å². The zero-order valence-electron chi connectivity index (χ0n) is 6.38. The molecule has 0 bridgehead atoms. The van der Waals surface area contributed by atoms with Gasteiger partial charge < -0.3 is 15.9 Å². The van der Waals surface area contributed by atoms with Gasteiger partial charge in [-0.1, -0.05) is 0 Å². The summed E-state index contributed by atoms with van der Waals surface area (Å²) in [6, 6.07) is 0. The summed E-state index contributed by atoms with van der Waals surface area (Å²) in [4.78, 5) is 15.0. The van der Waals surface area contributed by atoms with Gasteiger partial charge in [0.2, 0.25) is 0 Å². The van der Waals surface area contributed by atoms with Gasteiger partial charge in [-0.3, -0.25) is 0 Å². The predicted molar refractivity (Wildman–Crippen MR) is 39.7 cm³/mol. The van der Waals surface area contributed by atoms with Gasteiger partial charge in [-0.2, -0.15) is 0 Å². The fourth-order valence-corrected chi connectivity index (χ4v) is 1.04. The lowest BCUT2D eigenvalue weighted by Gasteiger charge is -2.16. The molecule has 0 aliphatic carbocycles. The molecular formula is C6H13N3O2. The minimum atomic E-state index is -0.730. The van der Waals surface area contributed by atoms with Crippen LogP contribution < -0.4 is 11.1 Å². The van der Waals surface area contributed by atoms with Gasteiger partial charge in [0.1, 0.15) is 0 Å². The summed E-state index contributed by atoms with van der Waals surface area (Å²) in [5.74, 6) is 0. The molecule has 0 aromatic rings. The summed E-state index contributed by atoms with van der Waals surface area (Å²) in [6.45, 7) is 3.28. The summed E-state index contributed by atoms with van der Waals surface area (Å²) < 4.78 is 0. The molecule has 1 rings (SSSR count). The highest BCUT2D eigenvalue weighted by Gasteiger charge is 2.10. The van der Waals surface area contributed by atoms with E-state index in [1.807, 2.05) is 0 Å². The van der Waals surface area contributed by atoms with Crippen LogP contribution in [-0.4, -0.2) is 37.3 Å². The van der Waals surface area contributed by atoms with Crippen LogP contribution in [0.5, 0.6) is 0 Å². The SMILES string of the molecule is NC(=O)ON1CCCNCC1. The molecule has 0 saturated carbocycles. The number of carbonyl (C=O) groups excluding carboxylic acids is 1. The normalized spacial score (nSPS) is 20.7. The van der Waals surface area contributed by atoms with Crippen molar-refractivity contribution in [2.45, 2.75) is 6.42 Å². The third kappa shape index (κ3) is 3.20. The first kappa shape index (κ1) is 8.29. The first-order valence-electron chi connectivity index (χ1n) is 3.72.